The molecule has 0 amide bonds. The normalized spacial score (nSPS) is 11.6. The Morgan fingerprint density at radius 2 is 1.32 bits per heavy atom. The van der Waals surface area contributed by atoms with Gasteiger partial charge in [-0.2, -0.15) is 13.2 Å². The summed E-state index contributed by atoms with van der Waals surface area (Å²) in [5.74, 6) is -0.571. The van der Waals surface area contributed by atoms with Crippen LogP contribution in [0.25, 0.3) is 0 Å². The van der Waals surface area contributed by atoms with Crippen molar-refractivity contribution in [1.82, 2.24) is 0 Å². The van der Waals surface area contributed by atoms with Crippen molar-refractivity contribution in [2.24, 2.45) is 0 Å². The maximum Gasteiger partial charge on any atom is 0.389 e. The molecule has 0 unspecified atom stereocenters. The summed E-state index contributed by atoms with van der Waals surface area (Å²) in [6, 6.07) is 18.8. The van der Waals surface area contributed by atoms with E-state index in [-0.39, 0.29) is 18.1 Å². The number of Topliss-reactive ketones (excluding diaryl/α,β-unsaturated/α-hetero) is 1. The van der Waals surface area contributed by atoms with Crippen LogP contribution >= 0.6 is 0 Å². The van der Waals surface area contributed by atoms with E-state index in [1.807, 2.05) is 60.7 Å². The molecule has 2 aromatic carbocycles. The zero-order valence-electron chi connectivity index (χ0n) is 12.0. The molecule has 0 saturated heterocycles. The van der Waals surface area contributed by atoms with Gasteiger partial charge in [-0.05, 0) is 11.1 Å². The number of carbonyl (C=O) groups excluding carboxylic acids is 1. The van der Waals surface area contributed by atoms with E-state index in [2.05, 4.69) is 0 Å². The zero-order chi connectivity index (χ0) is 16.0. The molecule has 0 aliphatic carbocycles. The van der Waals surface area contributed by atoms with Crippen molar-refractivity contribution in [3.63, 3.8) is 0 Å². The maximum atomic E-state index is 12.2. The maximum absolute atomic E-state index is 12.2. The van der Waals surface area contributed by atoms with Gasteiger partial charge in [-0.25, -0.2) is 0 Å². The second-order valence-corrected chi connectivity index (χ2v) is 5.23. The molecule has 22 heavy (non-hydrogen) atoms. The van der Waals surface area contributed by atoms with E-state index in [9.17, 15) is 18.0 Å². The van der Waals surface area contributed by atoms with Crippen molar-refractivity contribution in [3.8, 4) is 0 Å². The summed E-state index contributed by atoms with van der Waals surface area (Å²) in [4.78, 5) is 11.9. The third-order valence-electron chi connectivity index (χ3n) is 3.52. The molecule has 2 rings (SSSR count). The predicted molar refractivity (Wildman–Crippen MR) is 79.6 cm³/mol. The zero-order valence-corrected chi connectivity index (χ0v) is 12.0. The number of hydrogen-bond donors (Lipinski definition) is 0. The number of alkyl halides is 3. The van der Waals surface area contributed by atoms with Crippen LogP contribution in [-0.4, -0.2) is 12.0 Å². The summed E-state index contributed by atoms with van der Waals surface area (Å²) in [6.45, 7) is 0. The van der Waals surface area contributed by atoms with Crippen molar-refractivity contribution in [1.29, 1.82) is 0 Å². The molecule has 0 aliphatic rings. The molecule has 2 aromatic rings. The minimum atomic E-state index is -4.29. The van der Waals surface area contributed by atoms with Crippen molar-refractivity contribution < 1.29 is 18.0 Å². The van der Waals surface area contributed by atoms with Crippen molar-refractivity contribution in [2.75, 3.05) is 0 Å². The quantitative estimate of drug-likeness (QED) is 0.724. The summed E-state index contributed by atoms with van der Waals surface area (Å²) < 4.78 is 36.7. The lowest BCUT2D eigenvalue weighted by atomic mass is 9.86. The van der Waals surface area contributed by atoms with Gasteiger partial charge in [-0.1, -0.05) is 60.7 Å². The van der Waals surface area contributed by atoms with Gasteiger partial charge >= 0.3 is 6.18 Å². The number of rotatable bonds is 6. The van der Waals surface area contributed by atoms with Gasteiger partial charge in [-0.3, -0.25) is 4.79 Å². The molecule has 1 nitrogen and oxygen atoms in total. The summed E-state index contributed by atoms with van der Waals surface area (Å²) in [5, 5.41) is 0. The Kier molecular flexibility index (Phi) is 5.36. The lowest BCUT2D eigenvalue weighted by Crippen LogP contribution is -2.13. The monoisotopic (exact) mass is 306 g/mol. The van der Waals surface area contributed by atoms with Crippen LogP contribution in [0.4, 0.5) is 13.2 Å². The van der Waals surface area contributed by atoms with Crippen LogP contribution in [0.15, 0.2) is 60.7 Å². The van der Waals surface area contributed by atoms with Gasteiger partial charge in [-0.15, -0.1) is 0 Å². The molecule has 116 valence electrons. The molecule has 0 heterocycles. The van der Waals surface area contributed by atoms with Crippen LogP contribution in [0.1, 0.15) is 36.3 Å². The Balaban J connectivity index is 2.14. The third-order valence-corrected chi connectivity index (χ3v) is 3.52. The highest BCUT2D eigenvalue weighted by Crippen LogP contribution is 2.30. The Labute approximate surface area is 127 Å². The molecule has 0 bridgehead atoms. The highest BCUT2D eigenvalue weighted by molar-refractivity contribution is 5.80. The van der Waals surface area contributed by atoms with Crippen LogP contribution in [-0.2, 0) is 4.79 Å². The fourth-order valence-corrected chi connectivity index (χ4v) is 2.41. The molecule has 0 spiro atoms. The summed E-state index contributed by atoms with van der Waals surface area (Å²) in [7, 11) is 0. The average molecular weight is 306 g/mol. The lowest BCUT2D eigenvalue weighted by molar-refractivity contribution is -0.143. The standard InChI is InChI=1S/C18H17F3O/c19-18(20,21)12-11-16(22)13-17(14-7-3-1-4-8-14)15-9-5-2-6-10-15/h1-10,17H,11-13H2. The minimum Gasteiger partial charge on any atom is -0.300 e. The van der Waals surface area contributed by atoms with E-state index in [1.54, 1.807) is 0 Å². The minimum absolute atomic E-state index is 0.0874. The number of hydrogen-bond acceptors (Lipinski definition) is 1. The smallest absolute Gasteiger partial charge is 0.300 e. The van der Waals surface area contributed by atoms with Gasteiger partial charge in [0, 0.05) is 18.8 Å². The Bertz CT molecular complexity index is 551. The van der Waals surface area contributed by atoms with Crippen LogP contribution in [0.3, 0.4) is 0 Å². The summed E-state index contributed by atoms with van der Waals surface area (Å²) >= 11 is 0. The molecule has 4 heteroatoms. The highest BCUT2D eigenvalue weighted by atomic mass is 19.4. The largest absolute Gasteiger partial charge is 0.389 e. The van der Waals surface area contributed by atoms with Crippen LogP contribution in [0, 0.1) is 0 Å². The number of carbonyl (C=O) groups is 1. The number of ketones is 1. The van der Waals surface area contributed by atoms with Crippen molar-refractivity contribution in [3.05, 3.63) is 71.8 Å². The van der Waals surface area contributed by atoms with Gasteiger partial charge in [0.2, 0.25) is 0 Å². The van der Waals surface area contributed by atoms with E-state index in [1.165, 1.54) is 0 Å². The first-order valence-corrected chi connectivity index (χ1v) is 7.14. The summed E-state index contributed by atoms with van der Waals surface area (Å²) in [5.41, 5.74) is 1.88. The molecule has 0 saturated carbocycles. The third kappa shape index (κ3) is 5.02. The fourth-order valence-electron chi connectivity index (χ4n) is 2.41. The SMILES string of the molecule is O=C(CCC(F)(F)F)CC(c1ccccc1)c1ccccc1. The molecule has 0 aliphatic heterocycles. The molecule has 0 N–H and O–H groups in total. The Morgan fingerprint density at radius 3 is 1.73 bits per heavy atom. The topological polar surface area (TPSA) is 17.1 Å². The predicted octanol–water partition coefficient (Wildman–Crippen LogP) is 5.12. The molecule has 0 fully saturated rings. The van der Waals surface area contributed by atoms with Gasteiger partial charge < -0.3 is 0 Å². The van der Waals surface area contributed by atoms with Gasteiger partial charge in [0.15, 0.2) is 0 Å². The van der Waals surface area contributed by atoms with Crippen LogP contribution in [0.2, 0.25) is 0 Å². The fraction of sp³-hybridized carbons (Fsp3) is 0.278. The van der Waals surface area contributed by atoms with E-state index < -0.39 is 19.0 Å². The Morgan fingerprint density at radius 1 is 0.864 bits per heavy atom. The lowest BCUT2D eigenvalue weighted by Gasteiger charge is -2.17. The van der Waals surface area contributed by atoms with Crippen molar-refractivity contribution in [2.45, 2.75) is 31.4 Å². The van der Waals surface area contributed by atoms with E-state index >= 15 is 0 Å². The van der Waals surface area contributed by atoms with E-state index in [0.717, 1.165) is 11.1 Å². The van der Waals surface area contributed by atoms with Gasteiger partial charge in [0.1, 0.15) is 5.78 Å². The first-order chi connectivity index (χ1) is 10.5. The molecular weight excluding hydrogens is 289 g/mol. The van der Waals surface area contributed by atoms with E-state index in [0.29, 0.717) is 0 Å². The number of halogens is 3. The average Bonchev–Trinajstić information content (AvgIpc) is 2.52. The van der Waals surface area contributed by atoms with Gasteiger partial charge in [0.25, 0.3) is 0 Å². The molecule has 0 aromatic heterocycles. The first-order valence-electron chi connectivity index (χ1n) is 7.14. The van der Waals surface area contributed by atoms with Crippen molar-refractivity contribution >= 4 is 5.78 Å². The first kappa shape index (κ1) is 16.3. The molecular formula is C18H17F3O. The number of benzene rings is 2. The van der Waals surface area contributed by atoms with Gasteiger partial charge in [0.05, 0.1) is 6.42 Å². The van der Waals surface area contributed by atoms with Crippen LogP contribution in [0.5, 0.6) is 0 Å². The second kappa shape index (κ2) is 7.25. The highest BCUT2D eigenvalue weighted by Gasteiger charge is 2.28. The Hall–Kier alpha value is -2.10. The molecule has 0 radical (unpaired) electrons. The summed E-state index contributed by atoms with van der Waals surface area (Å²) in [6.07, 6.45) is -5.71. The molecule has 0 atom stereocenters. The van der Waals surface area contributed by atoms with E-state index in [4.69, 9.17) is 0 Å². The van der Waals surface area contributed by atoms with Crippen LogP contribution < -0.4 is 0 Å². The second-order valence-electron chi connectivity index (χ2n) is 5.23.